The normalized spacial score (nSPS) is 30.4. The first-order valence-corrected chi connectivity index (χ1v) is 10.5. The zero-order chi connectivity index (χ0) is 21.7. The molecule has 1 fully saturated rings. The number of benzene rings is 2. The van der Waals surface area contributed by atoms with E-state index in [4.69, 9.17) is 4.74 Å². The molecule has 0 saturated carbocycles. The Morgan fingerprint density at radius 2 is 1.62 bits per heavy atom. The van der Waals surface area contributed by atoms with Crippen molar-refractivity contribution in [3.63, 3.8) is 0 Å². The SMILES string of the molecule is Cc1ccc(S(=O)(=O)C[C@H]2[C@H](C)O[C@](O)(c3ccccc3)[C@@]2(F)C(F)(F)F)cc1. The summed E-state index contributed by atoms with van der Waals surface area (Å²) < 4.78 is 88.3. The third-order valence-corrected chi connectivity index (χ3v) is 7.07. The van der Waals surface area contributed by atoms with Crippen molar-refractivity contribution in [3.8, 4) is 0 Å². The Balaban J connectivity index is 2.09. The Hall–Kier alpha value is -1.97. The second-order valence-electron chi connectivity index (χ2n) is 7.24. The minimum atomic E-state index is -5.59. The molecule has 0 unspecified atom stereocenters. The van der Waals surface area contributed by atoms with E-state index in [9.17, 15) is 26.7 Å². The van der Waals surface area contributed by atoms with Crippen LogP contribution in [0.25, 0.3) is 0 Å². The summed E-state index contributed by atoms with van der Waals surface area (Å²) in [6.45, 7) is 2.84. The lowest BCUT2D eigenvalue weighted by atomic mass is 9.80. The summed E-state index contributed by atoms with van der Waals surface area (Å²) in [4.78, 5) is -0.227. The fourth-order valence-corrected chi connectivity index (χ4v) is 5.40. The van der Waals surface area contributed by atoms with E-state index in [-0.39, 0.29) is 4.90 Å². The highest BCUT2D eigenvalue weighted by atomic mass is 32.2. The van der Waals surface area contributed by atoms with Crippen LogP contribution < -0.4 is 0 Å². The van der Waals surface area contributed by atoms with Gasteiger partial charge in [0.15, 0.2) is 9.84 Å². The Bertz CT molecular complexity index is 976. The average molecular weight is 432 g/mol. The fraction of sp³-hybridized carbons (Fsp3) is 0.400. The predicted molar refractivity (Wildman–Crippen MR) is 97.5 cm³/mol. The number of alkyl halides is 4. The quantitative estimate of drug-likeness (QED) is 0.744. The van der Waals surface area contributed by atoms with Gasteiger partial charge in [0.05, 0.1) is 16.8 Å². The van der Waals surface area contributed by atoms with Gasteiger partial charge in [-0.2, -0.15) is 13.2 Å². The minimum Gasteiger partial charge on any atom is -0.359 e. The summed E-state index contributed by atoms with van der Waals surface area (Å²) in [7, 11) is -4.29. The van der Waals surface area contributed by atoms with Gasteiger partial charge in [-0.15, -0.1) is 0 Å². The first kappa shape index (κ1) is 21.7. The van der Waals surface area contributed by atoms with Gasteiger partial charge in [0.25, 0.3) is 5.67 Å². The van der Waals surface area contributed by atoms with Crippen molar-refractivity contribution in [3.05, 3.63) is 65.7 Å². The average Bonchev–Trinajstić information content (AvgIpc) is 2.84. The zero-order valence-electron chi connectivity index (χ0n) is 15.7. The first-order chi connectivity index (χ1) is 13.3. The largest absolute Gasteiger partial charge is 0.428 e. The predicted octanol–water partition coefficient (Wildman–Crippen LogP) is 3.92. The standard InChI is InChI=1S/C20H20F4O4S/c1-13-8-10-16(11-9-13)29(26,27)12-17-14(2)28-19(25,15-6-4-3-5-7-15)18(17,21)20(22,23)24/h3-11,14,17,25H,12H2,1-2H3/t14-,17-,18+,19+/m0/s1. The van der Waals surface area contributed by atoms with E-state index in [1.165, 1.54) is 42.5 Å². The molecule has 0 bridgehead atoms. The summed E-state index contributed by atoms with van der Waals surface area (Å²) in [6, 6.07) is 11.8. The van der Waals surface area contributed by atoms with E-state index >= 15 is 4.39 Å². The Morgan fingerprint density at radius 3 is 2.14 bits per heavy atom. The number of hydrogen-bond donors (Lipinski definition) is 1. The van der Waals surface area contributed by atoms with Gasteiger partial charge in [-0.25, -0.2) is 12.8 Å². The first-order valence-electron chi connectivity index (χ1n) is 8.84. The number of sulfone groups is 1. The van der Waals surface area contributed by atoms with Crippen LogP contribution in [0, 0.1) is 12.8 Å². The monoisotopic (exact) mass is 432 g/mol. The van der Waals surface area contributed by atoms with Gasteiger partial charge in [0.1, 0.15) is 0 Å². The summed E-state index contributed by atoms with van der Waals surface area (Å²) in [5, 5.41) is 10.7. The Kier molecular flexibility index (Phi) is 5.30. The lowest BCUT2D eigenvalue weighted by molar-refractivity contribution is -0.341. The van der Waals surface area contributed by atoms with Gasteiger partial charge in [-0.3, -0.25) is 0 Å². The van der Waals surface area contributed by atoms with Crippen molar-refractivity contribution in [2.75, 3.05) is 5.75 Å². The molecule has 9 heteroatoms. The van der Waals surface area contributed by atoms with Crippen molar-refractivity contribution in [2.24, 2.45) is 5.92 Å². The van der Waals surface area contributed by atoms with E-state index in [0.717, 1.165) is 24.6 Å². The molecule has 1 aliphatic heterocycles. The summed E-state index contributed by atoms with van der Waals surface area (Å²) >= 11 is 0. The lowest BCUT2D eigenvalue weighted by Gasteiger charge is -2.38. The van der Waals surface area contributed by atoms with Crippen LogP contribution in [0.1, 0.15) is 18.1 Å². The molecule has 2 aromatic carbocycles. The molecule has 0 aromatic heterocycles. The van der Waals surface area contributed by atoms with Crippen LogP contribution in [0.15, 0.2) is 59.5 Å². The molecule has 4 nitrogen and oxygen atoms in total. The molecular weight excluding hydrogens is 412 g/mol. The van der Waals surface area contributed by atoms with Crippen LogP contribution >= 0.6 is 0 Å². The minimum absolute atomic E-state index is 0.227. The smallest absolute Gasteiger partial charge is 0.359 e. The molecule has 0 radical (unpaired) electrons. The third kappa shape index (κ3) is 3.45. The maximum Gasteiger partial charge on any atom is 0.428 e. The summed E-state index contributed by atoms with van der Waals surface area (Å²) in [6.07, 6.45) is -7.11. The van der Waals surface area contributed by atoms with Gasteiger partial charge >= 0.3 is 6.18 Å². The molecule has 29 heavy (non-hydrogen) atoms. The molecule has 1 N–H and O–H groups in total. The number of hydrogen-bond acceptors (Lipinski definition) is 4. The molecule has 1 aliphatic rings. The summed E-state index contributed by atoms with van der Waals surface area (Å²) in [5.41, 5.74) is -4.02. The second-order valence-corrected chi connectivity index (χ2v) is 9.28. The molecule has 2 aromatic rings. The van der Waals surface area contributed by atoms with Gasteiger partial charge in [0.2, 0.25) is 5.79 Å². The van der Waals surface area contributed by atoms with Crippen LogP contribution in [-0.2, 0) is 20.4 Å². The molecule has 1 heterocycles. The van der Waals surface area contributed by atoms with E-state index in [1.807, 2.05) is 0 Å². The fourth-order valence-electron chi connectivity index (χ4n) is 3.68. The summed E-state index contributed by atoms with van der Waals surface area (Å²) in [5.74, 6) is -6.74. The van der Waals surface area contributed by atoms with E-state index in [1.54, 1.807) is 6.92 Å². The Morgan fingerprint density at radius 1 is 1.07 bits per heavy atom. The van der Waals surface area contributed by atoms with Crippen molar-refractivity contribution >= 4 is 9.84 Å². The van der Waals surface area contributed by atoms with Crippen LogP contribution in [0.2, 0.25) is 0 Å². The van der Waals surface area contributed by atoms with Crippen LogP contribution in [0.5, 0.6) is 0 Å². The molecule has 0 amide bonds. The Labute approximate surface area is 166 Å². The number of ether oxygens (including phenoxy) is 1. The van der Waals surface area contributed by atoms with Crippen LogP contribution in [0.4, 0.5) is 17.6 Å². The highest BCUT2D eigenvalue weighted by molar-refractivity contribution is 7.91. The molecule has 158 valence electrons. The van der Waals surface area contributed by atoms with Crippen molar-refractivity contribution < 1.29 is 35.8 Å². The number of aliphatic hydroxyl groups is 1. The topological polar surface area (TPSA) is 63.6 Å². The van der Waals surface area contributed by atoms with Gasteiger partial charge in [0, 0.05) is 11.5 Å². The second kappa shape index (κ2) is 7.07. The molecule has 1 saturated heterocycles. The maximum absolute atomic E-state index is 15.8. The maximum atomic E-state index is 15.8. The third-order valence-electron chi connectivity index (χ3n) is 5.28. The van der Waals surface area contributed by atoms with Crippen molar-refractivity contribution in [1.82, 2.24) is 0 Å². The zero-order valence-corrected chi connectivity index (χ0v) is 16.5. The molecule has 3 rings (SSSR count). The molecule has 0 spiro atoms. The molecular formula is C20H20F4O4S. The number of halogens is 4. The molecule has 0 aliphatic carbocycles. The van der Waals surface area contributed by atoms with E-state index in [2.05, 4.69) is 0 Å². The van der Waals surface area contributed by atoms with E-state index < -0.39 is 50.8 Å². The van der Waals surface area contributed by atoms with Gasteiger partial charge in [-0.05, 0) is 26.0 Å². The van der Waals surface area contributed by atoms with Gasteiger partial charge < -0.3 is 9.84 Å². The van der Waals surface area contributed by atoms with Crippen LogP contribution in [0.3, 0.4) is 0 Å². The lowest BCUT2D eigenvalue weighted by Crippen LogP contribution is -2.59. The number of aryl methyl sites for hydroxylation is 1. The van der Waals surface area contributed by atoms with Crippen molar-refractivity contribution in [1.29, 1.82) is 0 Å². The molecule has 4 atom stereocenters. The highest BCUT2D eigenvalue weighted by Gasteiger charge is 2.78. The highest BCUT2D eigenvalue weighted by Crippen LogP contribution is 2.59. The van der Waals surface area contributed by atoms with E-state index in [0.29, 0.717) is 0 Å². The van der Waals surface area contributed by atoms with Crippen molar-refractivity contribution in [2.45, 2.75) is 42.5 Å². The van der Waals surface area contributed by atoms with Crippen LogP contribution in [-0.4, -0.2) is 37.2 Å². The van der Waals surface area contributed by atoms with Gasteiger partial charge in [-0.1, -0.05) is 48.0 Å². The number of rotatable bonds is 4.